The fraction of sp³-hybridized carbons (Fsp3) is 0.192. The summed E-state index contributed by atoms with van der Waals surface area (Å²) < 4.78 is 16.9. The molecule has 166 valence electrons. The van der Waals surface area contributed by atoms with E-state index >= 15 is 0 Å². The van der Waals surface area contributed by atoms with Crippen molar-refractivity contribution in [2.45, 2.75) is 6.92 Å². The lowest BCUT2D eigenvalue weighted by atomic mass is 10.3. The maximum Gasteiger partial charge on any atom is 0.243 e. The highest BCUT2D eigenvalue weighted by Gasteiger charge is 2.04. The molecule has 6 heteroatoms. The van der Waals surface area contributed by atoms with E-state index in [0.29, 0.717) is 31.3 Å². The van der Waals surface area contributed by atoms with Gasteiger partial charge in [-0.3, -0.25) is 4.79 Å². The van der Waals surface area contributed by atoms with Crippen LogP contribution in [0.5, 0.6) is 17.2 Å². The second kappa shape index (κ2) is 12.1. The summed E-state index contributed by atoms with van der Waals surface area (Å²) in [5, 5.41) is 5.96. The van der Waals surface area contributed by atoms with Crippen LogP contribution in [0.4, 0.5) is 11.4 Å². The third kappa shape index (κ3) is 8.07. The largest absolute Gasteiger partial charge is 0.490 e. The molecule has 3 aromatic carbocycles. The van der Waals surface area contributed by atoms with E-state index in [1.165, 1.54) is 0 Å². The van der Waals surface area contributed by atoms with Gasteiger partial charge < -0.3 is 24.8 Å². The first-order valence-electron chi connectivity index (χ1n) is 10.4. The van der Waals surface area contributed by atoms with Gasteiger partial charge in [-0.15, -0.1) is 0 Å². The molecule has 0 spiro atoms. The van der Waals surface area contributed by atoms with Crippen molar-refractivity contribution < 1.29 is 19.0 Å². The van der Waals surface area contributed by atoms with Crippen LogP contribution < -0.4 is 24.8 Å². The van der Waals surface area contributed by atoms with Crippen LogP contribution in [0.3, 0.4) is 0 Å². The van der Waals surface area contributed by atoms with Crippen LogP contribution in [0.15, 0.2) is 91.0 Å². The van der Waals surface area contributed by atoms with Crippen LogP contribution in [0.25, 0.3) is 0 Å². The first kappa shape index (κ1) is 22.7. The molecule has 2 N–H and O–H groups in total. The zero-order chi connectivity index (χ0) is 22.6. The Labute approximate surface area is 188 Å². The molecule has 0 aliphatic rings. The number of para-hydroxylation sites is 1. The van der Waals surface area contributed by atoms with E-state index in [4.69, 9.17) is 14.2 Å². The summed E-state index contributed by atoms with van der Waals surface area (Å²) in [6.07, 6.45) is 0. The minimum absolute atomic E-state index is 0.141. The third-order valence-electron chi connectivity index (χ3n) is 4.27. The third-order valence-corrected chi connectivity index (χ3v) is 4.27. The quantitative estimate of drug-likeness (QED) is 0.306. The summed E-state index contributed by atoms with van der Waals surface area (Å²) in [7, 11) is 0. The number of ether oxygens (including phenoxy) is 3. The topological polar surface area (TPSA) is 68.8 Å². The van der Waals surface area contributed by atoms with Crippen LogP contribution in [-0.4, -0.2) is 32.3 Å². The molecule has 0 aromatic heterocycles. The van der Waals surface area contributed by atoms with Crippen molar-refractivity contribution in [2.75, 3.05) is 37.0 Å². The monoisotopic (exact) mass is 432 g/mol. The maximum absolute atomic E-state index is 12.3. The van der Waals surface area contributed by atoms with E-state index in [1.807, 2.05) is 79.7 Å². The van der Waals surface area contributed by atoms with E-state index < -0.39 is 0 Å². The van der Waals surface area contributed by atoms with Gasteiger partial charge in [0.2, 0.25) is 5.91 Å². The molecule has 0 saturated heterocycles. The van der Waals surface area contributed by atoms with E-state index in [1.54, 1.807) is 6.07 Å². The first-order valence-corrected chi connectivity index (χ1v) is 10.4. The van der Waals surface area contributed by atoms with Gasteiger partial charge in [0.25, 0.3) is 0 Å². The van der Waals surface area contributed by atoms with Crippen molar-refractivity contribution in [1.82, 2.24) is 0 Å². The number of carbonyl (C=O) groups excluding carboxylic acids is 1. The fourth-order valence-electron chi connectivity index (χ4n) is 2.76. The fourth-order valence-corrected chi connectivity index (χ4v) is 2.76. The lowest BCUT2D eigenvalue weighted by Gasteiger charge is -2.11. The second-order valence-corrected chi connectivity index (χ2v) is 7.21. The normalized spacial score (nSPS) is 10.2. The Balaban J connectivity index is 1.37. The molecule has 0 radical (unpaired) electrons. The van der Waals surface area contributed by atoms with Crippen molar-refractivity contribution in [3.05, 3.63) is 91.0 Å². The molecule has 0 aliphatic heterocycles. The summed E-state index contributed by atoms with van der Waals surface area (Å²) in [6.45, 7) is 7.20. The highest BCUT2D eigenvalue weighted by molar-refractivity contribution is 5.93. The molecule has 0 heterocycles. The Morgan fingerprint density at radius 3 is 2.12 bits per heavy atom. The summed E-state index contributed by atoms with van der Waals surface area (Å²) >= 11 is 0. The van der Waals surface area contributed by atoms with Gasteiger partial charge in [-0.2, -0.15) is 0 Å². The van der Waals surface area contributed by atoms with Crippen molar-refractivity contribution in [3.63, 3.8) is 0 Å². The van der Waals surface area contributed by atoms with Gasteiger partial charge in [0.15, 0.2) is 0 Å². The Morgan fingerprint density at radius 2 is 1.44 bits per heavy atom. The van der Waals surface area contributed by atoms with Gasteiger partial charge in [-0.25, -0.2) is 0 Å². The van der Waals surface area contributed by atoms with Crippen molar-refractivity contribution >= 4 is 17.3 Å². The molecule has 0 saturated carbocycles. The molecule has 0 aliphatic carbocycles. The van der Waals surface area contributed by atoms with Crippen LogP contribution in [0.2, 0.25) is 0 Å². The predicted octanol–water partition coefficient (Wildman–Crippen LogP) is 5.15. The molecule has 32 heavy (non-hydrogen) atoms. The first-order chi connectivity index (χ1) is 15.6. The van der Waals surface area contributed by atoms with Crippen molar-refractivity contribution in [2.24, 2.45) is 0 Å². The van der Waals surface area contributed by atoms with Gasteiger partial charge in [0, 0.05) is 17.4 Å². The lowest BCUT2D eigenvalue weighted by Crippen LogP contribution is -2.21. The Morgan fingerprint density at radius 1 is 0.781 bits per heavy atom. The van der Waals surface area contributed by atoms with Gasteiger partial charge in [0.1, 0.15) is 37.1 Å². The summed E-state index contributed by atoms with van der Waals surface area (Å²) in [4.78, 5) is 12.3. The van der Waals surface area contributed by atoms with Crippen LogP contribution in [-0.2, 0) is 4.79 Å². The molecule has 3 aromatic rings. The van der Waals surface area contributed by atoms with Gasteiger partial charge >= 0.3 is 0 Å². The van der Waals surface area contributed by atoms with Gasteiger partial charge in [-0.05, 0) is 61.0 Å². The average molecular weight is 433 g/mol. The molecular weight excluding hydrogens is 404 g/mol. The lowest BCUT2D eigenvalue weighted by molar-refractivity contribution is -0.114. The molecular formula is C26H28N2O4. The van der Waals surface area contributed by atoms with Crippen molar-refractivity contribution in [1.29, 1.82) is 0 Å². The standard InChI is InChI=1S/C26H28N2O4/c1-20(2)19-32-25-10-6-7-22(17-25)28-26(29)18-27-21-11-13-24(14-12-21)31-16-15-30-23-8-4-3-5-9-23/h3-14,17,27H,1,15-16,18-19H2,2H3,(H,28,29). The molecule has 0 atom stereocenters. The summed E-state index contributed by atoms with van der Waals surface area (Å²) in [6, 6.07) is 24.3. The summed E-state index contributed by atoms with van der Waals surface area (Å²) in [5.41, 5.74) is 2.43. The molecule has 1 amide bonds. The molecule has 0 fully saturated rings. The number of anilines is 2. The number of hydrogen-bond acceptors (Lipinski definition) is 5. The molecule has 0 bridgehead atoms. The van der Waals surface area contributed by atoms with E-state index in [0.717, 1.165) is 22.8 Å². The smallest absolute Gasteiger partial charge is 0.243 e. The maximum atomic E-state index is 12.3. The van der Waals surface area contributed by atoms with Crippen LogP contribution >= 0.6 is 0 Å². The minimum atomic E-state index is -0.152. The predicted molar refractivity (Wildman–Crippen MR) is 128 cm³/mol. The van der Waals surface area contributed by atoms with Crippen molar-refractivity contribution in [3.8, 4) is 17.2 Å². The number of carbonyl (C=O) groups is 1. The van der Waals surface area contributed by atoms with E-state index in [-0.39, 0.29) is 12.5 Å². The van der Waals surface area contributed by atoms with Gasteiger partial charge in [-0.1, -0.05) is 30.8 Å². The number of nitrogens with one attached hydrogen (secondary N) is 2. The average Bonchev–Trinajstić information content (AvgIpc) is 2.81. The number of amides is 1. The van der Waals surface area contributed by atoms with E-state index in [9.17, 15) is 4.79 Å². The Kier molecular flexibility index (Phi) is 8.57. The zero-order valence-electron chi connectivity index (χ0n) is 18.2. The van der Waals surface area contributed by atoms with Crippen LogP contribution in [0, 0.1) is 0 Å². The highest BCUT2D eigenvalue weighted by Crippen LogP contribution is 2.18. The zero-order valence-corrected chi connectivity index (χ0v) is 18.2. The molecule has 6 nitrogen and oxygen atoms in total. The van der Waals surface area contributed by atoms with Gasteiger partial charge in [0.05, 0.1) is 6.54 Å². The number of rotatable bonds is 12. The number of hydrogen-bond donors (Lipinski definition) is 2. The SMILES string of the molecule is C=C(C)COc1cccc(NC(=O)CNc2ccc(OCCOc3ccccc3)cc2)c1. The number of benzene rings is 3. The highest BCUT2D eigenvalue weighted by atomic mass is 16.5. The molecule has 0 unspecified atom stereocenters. The Bertz CT molecular complexity index is 1000. The minimum Gasteiger partial charge on any atom is -0.490 e. The van der Waals surface area contributed by atoms with E-state index in [2.05, 4.69) is 17.2 Å². The molecule has 3 rings (SSSR count). The summed E-state index contributed by atoms with van der Waals surface area (Å²) in [5.74, 6) is 2.09. The second-order valence-electron chi connectivity index (χ2n) is 7.21. The Hall–Kier alpha value is -3.93. The van der Waals surface area contributed by atoms with Crippen LogP contribution in [0.1, 0.15) is 6.92 Å².